The average molecular weight is 362 g/mol. The van der Waals surface area contributed by atoms with Crippen molar-refractivity contribution in [3.05, 3.63) is 70.0 Å². The maximum absolute atomic E-state index is 12.0. The molecule has 1 N–H and O–H groups in total. The molecular weight excluding hydrogens is 349 g/mol. The minimum Gasteiger partial charge on any atom is -0.352 e. The van der Waals surface area contributed by atoms with Gasteiger partial charge in [0.2, 0.25) is 11.7 Å². The van der Waals surface area contributed by atoms with Gasteiger partial charge in [-0.1, -0.05) is 58.7 Å². The molecule has 5 nitrogen and oxygen atoms in total. The molecule has 0 radical (unpaired) electrons. The zero-order valence-corrected chi connectivity index (χ0v) is 14.0. The first kappa shape index (κ1) is 16.5. The van der Waals surface area contributed by atoms with Crippen molar-refractivity contribution in [3.63, 3.8) is 0 Å². The van der Waals surface area contributed by atoms with Crippen LogP contribution in [0.3, 0.4) is 0 Å². The average Bonchev–Trinajstić information content (AvgIpc) is 3.07. The number of nitrogens with one attached hydrogen (secondary N) is 1. The van der Waals surface area contributed by atoms with E-state index in [2.05, 4.69) is 15.5 Å². The van der Waals surface area contributed by atoms with Gasteiger partial charge in [0, 0.05) is 24.1 Å². The van der Waals surface area contributed by atoms with Crippen molar-refractivity contribution in [1.82, 2.24) is 15.5 Å². The largest absolute Gasteiger partial charge is 0.352 e. The van der Waals surface area contributed by atoms with E-state index in [0.29, 0.717) is 40.3 Å². The number of hydrogen-bond donors (Lipinski definition) is 1. The molecule has 0 aliphatic carbocycles. The van der Waals surface area contributed by atoms with Gasteiger partial charge >= 0.3 is 0 Å². The van der Waals surface area contributed by atoms with Crippen LogP contribution < -0.4 is 5.32 Å². The quantitative estimate of drug-likeness (QED) is 0.745. The Morgan fingerprint density at radius 2 is 1.88 bits per heavy atom. The number of carbonyl (C=O) groups is 1. The van der Waals surface area contributed by atoms with Crippen molar-refractivity contribution in [2.24, 2.45) is 0 Å². The summed E-state index contributed by atoms with van der Waals surface area (Å²) in [7, 11) is 0. The van der Waals surface area contributed by atoms with E-state index in [1.165, 1.54) is 6.07 Å². The van der Waals surface area contributed by atoms with Crippen LogP contribution in [0.2, 0.25) is 10.0 Å². The molecule has 3 aromatic rings. The second kappa shape index (κ2) is 7.47. The lowest BCUT2D eigenvalue weighted by molar-refractivity contribution is 0.0953. The van der Waals surface area contributed by atoms with Crippen LogP contribution in [0.1, 0.15) is 16.2 Å². The lowest BCUT2D eigenvalue weighted by Crippen LogP contribution is -2.25. The van der Waals surface area contributed by atoms with Crippen LogP contribution in [0.5, 0.6) is 0 Å². The SMILES string of the molecule is O=C(NCCc1nc(-c2ccccc2)no1)c1ccc(Cl)c(Cl)c1. The predicted octanol–water partition coefficient (Wildman–Crippen LogP) is 4.02. The number of halogens is 2. The Kier molecular flexibility index (Phi) is 5.13. The van der Waals surface area contributed by atoms with Crippen LogP contribution in [0.4, 0.5) is 0 Å². The van der Waals surface area contributed by atoms with Gasteiger partial charge in [0.1, 0.15) is 0 Å². The van der Waals surface area contributed by atoms with E-state index >= 15 is 0 Å². The van der Waals surface area contributed by atoms with Gasteiger partial charge in [0.25, 0.3) is 5.91 Å². The summed E-state index contributed by atoms with van der Waals surface area (Å²) < 4.78 is 5.19. The van der Waals surface area contributed by atoms with E-state index < -0.39 is 0 Å². The Hall–Kier alpha value is -2.37. The lowest BCUT2D eigenvalue weighted by atomic mass is 10.2. The number of aromatic nitrogens is 2. The first-order valence-corrected chi connectivity index (χ1v) is 8.00. The van der Waals surface area contributed by atoms with Crippen molar-refractivity contribution in [2.75, 3.05) is 6.54 Å². The summed E-state index contributed by atoms with van der Waals surface area (Å²) in [5, 5.41) is 7.46. The molecule has 0 atom stereocenters. The molecule has 7 heteroatoms. The summed E-state index contributed by atoms with van der Waals surface area (Å²) in [5.41, 5.74) is 1.33. The predicted molar refractivity (Wildman–Crippen MR) is 92.2 cm³/mol. The van der Waals surface area contributed by atoms with Crippen molar-refractivity contribution in [3.8, 4) is 11.4 Å². The number of benzene rings is 2. The van der Waals surface area contributed by atoms with Gasteiger partial charge in [-0.2, -0.15) is 4.98 Å². The van der Waals surface area contributed by atoms with Gasteiger partial charge in [0.15, 0.2) is 0 Å². The van der Waals surface area contributed by atoms with Gasteiger partial charge < -0.3 is 9.84 Å². The third-order valence-corrected chi connectivity index (χ3v) is 4.05. The normalized spacial score (nSPS) is 10.6. The second-order valence-electron chi connectivity index (χ2n) is 5.01. The molecule has 24 heavy (non-hydrogen) atoms. The van der Waals surface area contributed by atoms with E-state index in [4.69, 9.17) is 27.7 Å². The molecule has 0 bridgehead atoms. The molecule has 1 aromatic heterocycles. The maximum Gasteiger partial charge on any atom is 0.251 e. The number of amides is 1. The van der Waals surface area contributed by atoms with Gasteiger partial charge in [-0.25, -0.2) is 0 Å². The highest BCUT2D eigenvalue weighted by molar-refractivity contribution is 6.42. The lowest BCUT2D eigenvalue weighted by Gasteiger charge is -2.04. The number of carbonyl (C=O) groups excluding carboxylic acids is 1. The van der Waals surface area contributed by atoms with E-state index in [1.807, 2.05) is 30.3 Å². The van der Waals surface area contributed by atoms with E-state index in [0.717, 1.165) is 5.56 Å². The molecule has 0 saturated carbocycles. The smallest absolute Gasteiger partial charge is 0.251 e. The molecule has 0 saturated heterocycles. The Morgan fingerprint density at radius 3 is 2.62 bits per heavy atom. The fourth-order valence-electron chi connectivity index (χ4n) is 2.08. The van der Waals surface area contributed by atoms with Crippen molar-refractivity contribution < 1.29 is 9.32 Å². The van der Waals surface area contributed by atoms with Gasteiger partial charge in [-0.15, -0.1) is 0 Å². The Bertz CT molecular complexity index is 850. The van der Waals surface area contributed by atoms with Crippen LogP contribution in [0.15, 0.2) is 53.1 Å². The van der Waals surface area contributed by atoms with Gasteiger partial charge in [-0.05, 0) is 18.2 Å². The van der Waals surface area contributed by atoms with Crippen molar-refractivity contribution in [1.29, 1.82) is 0 Å². The first-order chi connectivity index (χ1) is 11.6. The third kappa shape index (κ3) is 3.93. The van der Waals surface area contributed by atoms with Crippen LogP contribution in [0.25, 0.3) is 11.4 Å². The van der Waals surface area contributed by atoms with E-state index in [-0.39, 0.29) is 5.91 Å². The summed E-state index contributed by atoms with van der Waals surface area (Å²) in [6.07, 6.45) is 0.437. The minimum absolute atomic E-state index is 0.239. The Labute approximate surface area is 148 Å². The third-order valence-electron chi connectivity index (χ3n) is 3.31. The Balaban J connectivity index is 1.56. The van der Waals surface area contributed by atoms with E-state index in [1.54, 1.807) is 12.1 Å². The van der Waals surface area contributed by atoms with Crippen LogP contribution in [-0.4, -0.2) is 22.6 Å². The second-order valence-corrected chi connectivity index (χ2v) is 5.83. The monoisotopic (exact) mass is 361 g/mol. The standard InChI is InChI=1S/C17H13Cl2N3O2/c18-13-7-6-12(10-14(13)19)17(23)20-9-8-15-21-16(22-24-15)11-4-2-1-3-5-11/h1-7,10H,8-9H2,(H,20,23). The highest BCUT2D eigenvalue weighted by Crippen LogP contribution is 2.22. The molecule has 1 heterocycles. The molecule has 0 spiro atoms. The molecule has 2 aromatic carbocycles. The summed E-state index contributed by atoms with van der Waals surface area (Å²) in [4.78, 5) is 16.4. The fraction of sp³-hybridized carbons (Fsp3) is 0.118. The summed E-state index contributed by atoms with van der Waals surface area (Å²) in [6.45, 7) is 0.371. The van der Waals surface area contributed by atoms with Crippen LogP contribution in [-0.2, 0) is 6.42 Å². The molecule has 0 aliphatic heterocycles. The topological polar surface area (TPSA) is 68.0 Å². The van der Waals surface area contributed by atoms with Gasteiger partial charge in [-0.3, -0.25) is 4.79 Å². The summed E-state index contributed by atoms with van der Waals surface area (Å²) in [6, 6.07) is 14.3. The Morgan fingerprint density at radius 1 is 1.08 bits per heavy atom. The molecule has 3 rings (SSSR count). The van der Waals surface area contributed by atoms with Crippen LogP contribution in [0, 0.1) is 0 Å². The molecular formula is C17H13Cl2N3O2. The number of rotatable bonds is 5. The molecule has 0 fully saturated rings. The van der Waals surface area contributed by atoms with E-state index in [9.17, 15) is 4.79 Å². The first-order valence-electron chi connectivity index (χ1n) is 7.25. The highest BCUT2D eigenvalue weighted by Gasteiger charge is 2.10. The summed E-state index contributed by atoms with van der Waals surface area (Å²) in [5.74, 6) is 0.751. The summed E-state index contributed by atoms with van der Waals surface area (Å²) >= 11 is 11.7. The minimum atomic E-state index is -0.239. The van der Waals surface area contributed by atoms with Gasteiger partial charge in [0.05, 0.1) is 10.0 Å². The zero-order chi connectivity index (χ0) is 16.9. The van der Waals surface area contributed by atoms with Crippen molar-refractivity contribution >= 4 is 29.1 Å². The maximum atomic E-state index is 12.0. The van der Waals surface area contributed by atoms with Crippen molar-refractivity contribution in [2.45, 2.75) is 6.42 Å². The van der Waals surface area contributed by atoms with Crippen LogP contribution >= 0.6 is 23.2 Å². The molecule has 0 unspecified atom stereocenters. The molecule has 0 aliphatic rings. The molecule has 1 amide bonds. The number of hydrogen-bond acceptors (Lipinski definition) is 4. The zero-order valence-electron chi connectivity index (χ0n) is 12.5. The number of nitrogens with zero attached hydrogens (tertiary/aromatic N) is 2. The highest BCUT2D eigenvalue weighted by atomic mass is 35.5. The fourth-order valence-corrected chi connectivity index (χ4v) is 2.38. The molecule has 122 valence electrons.